The SMILES string of the molecule is Br.CCCCCCCCCC(CCCCl)N1CCCCC1. The van der Waals surface area contributed by atoms with Crippen molar-refractivity contribution in [3.8, 4) is 0 Å². The second kappa shape index (κ2) is 15.6. The van der Waals surface area contributed by atoms with Crippen LogP contribution in [0, 0.1) is 0 Å². The Bertz CT molecular complexity index is 207. The summed E-state index contributed by atoms with van der Waals surface area (Å²) in [6.07, 6.45) is 18.2. The third-order valence-electron chi connectivity index (χ3n) is 4.72. The monoisotopic (exact) mass is 381 g/mol. The average molecular weight is 383 g/mol. The van der Waals surface area contributed by atoms with Crippen LogP contribution < -0.4 is 0 Å². The molecule has 0 radical (unpaired) electrons. The predicted octanol–water partition coefficient (Wildman–Crippen LogP) is 6.58. The molecule has 0 bridgehead atoms. The van der Waals surface area contributed by atoms with Crippen LogP contribution in [0.4, 0.5) is 0 Å². The Labute approximate surface area is 149 Å². The molecule has 1 unspecified atom stereocenters. The van der Waals surface area contributed by atoms with E-state index in [0.717, 1.165) is 11.9 Å². The molecule has 1 heterocycles. The highest BCUT2D eigenvalue weighted by Crippen LogP contribution is 2.21. The molecule has 1 atom stereocenters. The number of alkyl halides is 1. The van der Waals surface area contributed by atoms with Crippen molar-refractivity contribution in [1.29, 1.82) is 0 Å². The molecule has 128 valence electrons. The van der Waals surface area contributed by atoms with Gasteiger partial charge in [0.05, 0.1) is 0 Å². The number of nitrogens with zero attached hydrogens (tertiary/aromatic N) is 1. The molecule has 1 rings (SSSR count). The molecule has 0 aromatic carbocycles. The number of rotatable bonds is 12. The summed E-state index contributed by atoms with van der Waals surface area (Å²) in [5.74, 6) is 0.835. The Kier molecular flexibility index (Phi) is 16.2. The molecule has 1 aliphatic heterocycles. The fraction of sp³-hybridized carbons (Fsp3) is 1.00. The van der Waals surface area contributed by atoms with Gasteiger partial charge < -0.3 is 4.90 Å². The van der Waals surface area contributed by atoms with Gasteiger partial charge in [-0.3, -0.25) is 0 Å². The van der Waals surface area contributed by atoms with Gasteiger partial charge >= 0.3 is 0 Å². The lowest BCUT2D eigenvalue weighted by atomic mass is 9.98. The minimum absolute atomic E-state index is 0. The molecule has 0 aromatic rings. The molecule has 0 spiro atoms. The highest BCUT2D eigenvalue weighted by Gasteiger charge is 2.19. The van der Waals surface area contributed by atoms with Crippen LogP contribution in [0.2, 0.25) is 0 Å². The van der Waals surface area contributed by atoms with Crippen molar-refractivity contribution in [3.63, 3.8) is 0 Å². The van der Waals surface area contributed by atoms with E-state index >= 15 is 0 Å². The highest BCUT2D eigenvalue weighted by atomic mass is 79.9. The Balaban J connectivity index is 0.00000400. The lowest BCUT2D eigenvalue weighted by molar-refractivity contribution is 0.144. The van der Waals surface area contributed by atoms with Gasteiger partial charge in [0.1, 0.15) is 0 Å². The molecule has 1 aliphatic rings. The smallest absolute Gasteiger partial charge is 0.0224 e. The highest BCUT2D eigenvalue weighted by molar-refractivity contribution is 8.93. The van der Waals surface area contributed by atoms with E-state index in [-0.39, 0.29) is 17.0 Å². The summed E-state index contributed by atoms with van der Waals surface area (Å²) in [7, 11) is 0. The Morgan fingerprint density at radius 3 is 2.00 bits per heavy atom. The first-order valence-electron chi connectivity index (χ1n) is 9.18. The standard InChI is InChI=1S/C18H36ClN.BrH/c1-2-3-4-5-6-7-9-13-18(14-12-15-19)20-16-10-8-11-17-20;/h18H,2-17H2,1H3;1H. The van der Waals surface area contributed by atoms with Gasteiger partial charge in [0.25, 0.3) is 0 Å². The second-order valence-electron chi connectivity index (χ2n) is 6.49. The summed E-state index contributed by atoms with van der Waals surface area (Å²) in [6, 6.07) is 0.824. The van der Waals surface area contributed by atoms with Gasteiger partial charge in [0, 0.05) is 11.9 Å². The molecule has 0 N–H and O–H groups in total. The minimum Gasteiger partial charge on any atom is -0.300 e. The van der Waals surface area contributed by atoms with Crippen LogP contribution >= 0.6 is 28.6 Å². The van der Waals surface area contributed by atoms with Crippen molar-refractivity contribution >= 4 is 28.6 Å². The number of piperidine rings is 1. The minimum atomic E-state index is 0. The normalized spacial score (nSPS) is 17.4. The number of hydrogen-bond donors (Lipinski definition) is 0. The maximum absolute atomic E-state index is 5.90. The van der Waals surface area contributed by atoms with Crippen LogP contribution in [0.25, 0.3) is 0 Å². The van der Waals surface area contributed by atoms with Gasteiger partial charge in [-0.05, 0) is 45.2 Å². The van der Waals surface area contributed by atoms with E-state index in [2.05, 4.69) is 11.8 Å². The van der Waals surface area contributed by atoms with Crippen LogP contribution in [-0.2, 0) is 0 Å². The largest absolute Gasteiger partial charge is 0.300 e. The van der Waals surface area contributed by atoms with Crippen LogP contribution in [0.1, 0.15) is 90.4 Å². The first kappa shape index (κ1) is 21.7. The first-order chi connectivity index (χ1) is 9.88. The Morgan fingerprint density at radius 1 is 0.810 bits per heavy atom. The van der Waals surface area contributed by atoms with Crippen LogP contribution in [0.15, 0.2) is 0 Å². The number of likely N-dealkylation sites (tertiary alicyclic amines) is 1. The third-order valence-corrected chi connectivity index (χ3v) is 4.99. The predicted molar refractivity (Wildman–Crippen MR) is 102 cm³/mol. The summed E-state index contributed by atoms with van der Waals surface area (Å²) in [5.41, 5.74) is 0. The van der Waals surface area contributed by atoms with Crippen molar-refractivity contribution in [2.24, 2.45) is 0 Å². The van der Waals surface area contributed by atoms with E-state index in [4.69, 9.17) is 11.6 Å². The fourth-order valence-corrected chi connectivity index (χ4v) is 3.60. The second-order valence-corrected chi connectivity index (χ2v) is 6.87. The van der Waals surface area contributed by atoms with Gasteiger partial charge in [-0.1, -0.05) is 58.3 Å². The quantitative estimate of drug-likeness (QED) is 0.272. The molecule has 0 saturated carbocycles. The lowest BCUT2D eigenvalue weighted by Crippen LogP contribution is -2.39. The lowest BCUT2D eigenvalue weighted by Gasteiger charge is -2.34. The summed E-state index contributed by atoms with van der Waals surface area (Å²) in [6.45, 7) is 4.97. The summed E-state index contributed by atoms with van der Waals surface area (Å²) < 4.78 is 0. The fourth-order valence-electron chi connectivity index (χ4n) is 3.44. The van der Waals surface area contributed by atoms with Gasteiger partial charge in [-0.25, -0.2) is 0 Å². The molecular weight excluding hydrogens is 346 g/mol. The molecule has 0 aliphatic carbocycles. The van der Waals surface area contributed by atoms with Crippen molar-refractivity contribution in [2.45, 2.75) is 96.4 Å². The Morgan fingerprint density at radius 2 is 1.38 bits per heavy atom. The Hall–Kier alpha value is 0.730. The van der Waals surface area contributed by atoms with E-state index in [1.165, 1.54) is 96.6 Å². The number of hydrogen-bond acceptors (Lipinski definition) is 1. The van der Waals surface area contributed by atoms with Crippen LogP contribution in [0.3, 0.4) is 0 Å². The van der Waals surface area contributed by atoms with Crippen molar-refractivity contribution in [3.05, 3.63) is 0 Å². The van der Waals surface area contributed by atoms with E-state index in [0.29, 0.717) is 0 Å². The molecule has 1 nitrogen and oxygen atoms in total. The molecule has 1 fully saturated rings. The number of halogens is 2. The molecule has 3 heteroatoms. The van der Waals surface area contributed by atoms with Crippen LogP contribution in [0.5, 0.6) is 0 Å². The topological polar surface area (TPSA) is 3.24 Å². The van der Waals surface area contributed by atoms with Crippen molar-refractivity contribution in [2.75, 3.05) is 19.0 Å². The van der Waals surface area contributed by atoms with Crippen LogP contribution in [-0.4, -0.2) is 29.9 Å². The molecule has 1 saturated heterocycles. The number of unbranched alkanes of at least 4 members (excludes halogenated alkanes) is 6. The molecular formula is C18H37BrClN. The van der Waals surface area contributed by atoms with Gasteiger partial charge in [0.15, 0.2) is 0 Å². The summed E-state index contributed by atoms with van der Waals surface area (Å²) in [4.78, 5) is 2.76. The van der Waals surface area contributed by atoms with E-state index < -0.39 is 0 Å². The summed E-state index contributed by atoms with van der Waals surface area (Å²) >= 11 is 5.90. The first-order valence-corrected chi connectivity index (χ1v) is 9.72. The maximum Gasteiger partial charge on any atom is 0.0224 e. The van der Waals surface area contributed by atoms with Crippen molar-refractivity contribution in [1.82, 2.24) is 4.90 Å². The molecule has 21 heavy (non-hydrogen) atoms. The van der Waals surface area contributed by atoms with E-state index in [1.807, 2.05) is 0 Å². The molecule has 0 aromatic heterocycles. The molecule has 0 amide bonds. The van der Waals surface area contributed by atoms with E-state index in [9.17, 15) is 0 Å². The zero-order valence-electron chi connectivity index (χ0n) is 14.1. The maximum atomic E-state index is 5.90. The van der Waals surface area contributed by atoms with E-state index in [1.54, 1.807) is 0 Å². The summed E-state index contributed by atoms with van der Waals surface area (Å²) in [5, 5.41) is 0. The van der Waals surface area contributed by atoms with Gasteiger partial charge in [-0.2, -0.15) is 0 Å². The van der Waals surface area contributed by atoms with Crippen molar-refractivity contribution < 1.29 is 0 Å². The average Bonchev–Trinajstić information content (AvgIpc) is 2.50. The zero-order chi connectivity index (χ0) is 14.5. The van der Waals surface area contributed by atoms with Gasteiger partial charge in [0.2, 0.25) is 0 Å². The zero-order valence-corrected chi connectivity index (χ0v) is 16.6. The van der Waals surface area contributed by atoms with Gasteiger partial charge in [-0.15, -0.1) is 28.6 Å². The third kappa shape index (κ3) is 11.0.